The number of rotatable bonds is 4. The van der Waals surface area contributed by atoms with Crippen molar-refractivity contribution in [3.05, 3.63) is 35.9 Å². The van der Waals surface area contributed by atoms with E-state index < -0.39 is 0 Å². The Balaban J connectivity index is 0.00000133. The van der Waals surface area contributed by atoms with Crippen LogP contribution in [-0.4, -0.2) is 17.7 Å². The predicted octanol–water partition coefficient (Wildman–Crippen LogP) is 2.21. The molecule has 0 saturated heterocycles. The molecule has 2 atom stereocenters. The van der Waals surface area contributed by atoms with Gasteiger partial charge in [0.25, 0.3) is 0 Å². The summed E-state index contributed by atoms with van der Waals surface area (Å²) in [6, 6.07) is 9.96. The normalized spacial score (nSPS) is 25.9. The van der Waals surface area contributed by atoms with E-state index in [1.54, 1.807) is 0 Å². The second-order valence-electron chi connectivity index (χ2n) is 5.35. The number of amides is 1. The smallest absolute Gasteiger partial charge is 0.407 e. The van der Waals surface area contributed by atoms with Gasteiger partial charge < -0.3 is 15.8 Å². The van der Waals surface area contributed by atoms with Gasteiger partial charge >= 0.3 is 6.09 Å². The number of alkyl carbamates (subject to hydrolysis) is 1. The molecule has 2 saturated carbocycles. The molecular weight excluding hydrogens is 264 g/mol. The number of carbonyl (C=O) groups excluding carboxylic acids is 1. The van der Waals surface area contributed by atoms with Gasteiger partial charge in [0.15, 0.2) is 0 Å². The summed E-state index contributed by atoms with van der Waals surface area (Å²) in [6.07, 6.45) is 2.77. The molecule has 0 heterocycles. The number of carbonyl (C=O) groups is 1. The summed E-state index contributed by atoms with van der Waals surface area (Å²) in [6.45, 7) is 0.319. The summed E-state index contributed by atoms with van der Waals surface area (Å²) < 4.78 is 5.23. The van der Waals surface area contributed by atoms with E-state index in [1.165, 1.54) is 0 Å². The number of ether oxygens (including phenoxy) is 1. The van der Waals surface area contributed by atoms with Crippen molar-refractivity contribution < 1.29 is 9.53 Å². The fraction of sp³-hybridized carbons (Fsp3) is 0.500. The minimum absolute atomic E-state index is 0. The molecule has 2 fully saturated rings. The molecule has 0 spiro atoms. The molecule has 1 aromatic carbocycles. The number of nitrogens with two attached hydrogens (primary N) is 1. The van der Waals surface area contributed by atoms with Crippen molar-refractivity contribution in [2.45, 2.75) is 37.5 Å². The molecule has 3 N–H and O–H groups in total. The van der Waals surface area contributed by atoms with Crippen molar-refractivity contribution in [2.75, 3.05) is 0 Å². The van der Waals surface area contributed by atoms with Crippen molar-refractivity contribution in [2.24, 2.45) is 11.7 Å². The predicted molar refractivity (Wildman–Crippen MR) is 75.1 cm³/mol. The average molecular weight is 283 g/mol. The van der Waals surface area contributed by atoms with Crippen LogP contribution >= 0.6 is 12.4 Å². The van der Waals surface area contributed by atoms with Crippen LogP contribution in [-0.2, 0) is 11.3 Å². The van der Waals surface area contributed by atoms with Crippen LogP contribution in [0.15, 0.2) is 30.3 Å². The lowest BCUT2D eigenvalue weighted by atomic mass is 10.1. The molecule has 2 aliphatic carbocycles. The maximum absolute atomic E-state index is 11.7. The molecule has 1 unspecified atom stereocenters. The maximum Gasteiger partial charge on any atom is 0.407 e. The van der Waals surface area contributed by atoms with Crippen molar-refractivity contribution in [3.63, 3.8) is 0 Å². The number of halogens is 1. The van der Waals surface area contributed by atoms with Gasteiger partial charge in [-0.15, -0.1) is 12.4 Å². The van der Waals surface area contributed by atoms with Crippen LogP contribution in [0, 0.1) is 5.92 Å². The second-order valence-corrected chi connectivity index (χ2v) is 5.35. The lowest BCUT2D eigenvalue weighted by Crippen LogP contribution is -2.40. The van der Waals surface area contributed by atoms with E-state index in [9.17, 15) is 4.79 Å². The first-order chi connectivity index (χ1) is 8.70. The highest BCUT2D eigenvalue weighted by Crippen LogP contribution is 2.52. The zero-order valence-electron chi connectivity index (χ0n) is 10.7. The van der Waals surface area contributed by atoms with Crippen LogP contribution in [0.1, 0.15) is 24.8 Å². The molecule has 5 heteroatoms. The molecule has 0 aliphatic heterocycles. The summed E-state index contributed by atoms with van der Waals surface area (Å²) in [5.74, 6) is 0.460. The fourth-order valence-electron chi connectivity index (χ4n) is 2.54. The summed E-state index contributed by atoms with van der Waals surface area (Å²) >= 11 is 0. The van der Waals surface area contributed by atoms with Gasteiger partial charge in [0.2, 0.25) is 0 Å². The van der Waals surface area contributed by atoms with Gasteiger partial charge in [-0.3, -0.25) is 0 Å². The van der Waals surface area contributed by atoms with Gasteiger partial charge in [0, 0.05) is 11.6 Å². The highest BCUT2D eigenvalue weighted by molar-refractivity contribution is 5.85. The Morgan fingerprint density at radius 3 is 2.53 bits per heavy atom. The van der Waals surface area contributed by atoms with Crippen molar-refractivity contribution in [1.29, 1.82) is 0 Å². The third-order valence-electron chi connectivity index (χ3n) is 3.90. The molecule has 104 valence electrons. The average Bonchev–Trinajstić information content (AvgIpc) is 3.27. The third-order valence-corrected chi connectivity index (χ3v) is 3.90. The van der Waals surface area contributed by atoms with E-state index in [-0.39, 0.29) is 30.1 Å². The minimum atomic E-state index is -0.324. The van der Waals surface area contributed by atoms with Crippen molar-refractivity contribution in [1.82, 2.24) is 5.32 Å². The fourth-order valence-corrected chi connectivity index (χ4v) is 2.54. The van der Waals surface area contributed by atoms with Crippen molar-refractivity contribution >= 4 is 18.5 Å². The van der Waals surface area contributed by atoms with Crippen LogP contribution in [0.25, 0.3) is 0 Å². The third kappa shape index (κ3) is 3.19. The van der Waals surface area contributed by atoms with Crippen LogP contribution in [0.5, 0.6) is 0 Å². The monoisotopic (exact) mass is 282 g/mol. The Hall–Kier alpha value is -1.26. The van der Waals surface area contributed by atoms with Gasteiger partial charge in [-0.1, -0.05) is 30.3 Å². The molecule has 3 rings (SSSR count). The van der Waals surface area contributed by atoms with Gasteiger partial charge in [0.05, 0.1) is 0 Å². The molecule has 1 aromatic rings. The molecule has 0 radical (unpaired) electrons. The summed E-state index contributed by atoms with van der Waals surface area (Å²) in [4.78, 5) is 11.7. The van der Waals surface area contributed by atoms with Crippen molar-refractivity contribution in [3.8, 4) is 0 Å². The Kier molecular flexibility index (Phi) is 4.02. The molecular formula is C14H19ClN2O2. The molecule has 2 aliphatic rings. The molecule has 0 aromatic heterocycles. The Morgan fingerprint density at radius 2 is 2.00 bits per heavy atom. The zero-order valence-corrected chi connectivity index (χ0v) is 11.5. The van der Waals surface area contributed by atoms with Crippen LogP contribution in [0.3, 0.4) is 0 Å². The minimum Gasteiger partial charge on any atom is -0.445 e. The summed E-state index contributed by atoms with van der Waals surface area (Å²) in [5.41, 5.74) is 6.79. The van der Waals surface area contributed by atoms with Crippen LogP contribution in [0.4, 0.5) is 4.79 Å². The Bertz CT molecular complexity index is 448. The van der Waals surface area contributed by atoms with Gasteiger partial charge in [-0.05, 0) is 30.7 Å². The topological polar surface area (TPSA) is 64.3 Å². The standard InChI is InChI=1S/C14H18N2O2.ClH/c15-12-8-11(12)14(6-7-14)16-13(17)18-9-10-4-2-1-3-5-10;/h1-5,11-12H,6-9,15H2,(H,16,17);1H/t11?,12-;/m1./s1. The van der Waals surface area contributed by atoms with Gasteiger partial charge in [-0.25, -0.2) is 4.79 Å². The first-order valence-corrected chi connectivity index (χ1v) is 6.44. The van der Waals surface area contributed by atoms with Gasteiger partial charge in [-0.2, -0.15) is 0 Å². The van der Waals surface area contributed by atoms with E-state index >= 15 is 0 Å². The van der Waals surface area contributed by atoms with E-state index in [2.05, 4.69) is 5.32 Å². The van der Waals surface area contributed by atoms with E-state index in [4.69, 9.17) is 10.5 Å². The van der Waals surface area contributed by atoms with Gasteiger partial charge in [0.1, 0.15) is 6.61 Å². The molecule has 4 nitrogen and oxygen atoms in total. The lowest BCUT2D eigenvalue weighted by Gasteiger charge is -2.16. The van der Waals surface area contributed by atoms with E-state index in [0.29, 0.717) is 12.5 Å². The number of benzene rings is 1. The molecule has 1 amide bonds. The first kappa shape index (κ1) is 14.2. The van der Waals surface area contributed by atoms with Crippen LogP contribution in [0.2, 0.25) is 0 Å². The largest absolute Gasteiger partial charge is 0.445 e. The highest BCUT2D eigenvalue weighted by Gasteiger charge is 2.59. The first-order valence-electron chi connectivity index (χ1n) is 6.44. The summed E-state index contributed by atoms with van der Waals surface area (Å²) in [7, 11) is 0. The second kappa shape index (κ2) is 5.39. The van der Waals surface area contributed by atoms with Crippen LogP contribution < -0.4 is 11.1 Å². The molecule has 0 bridgehead atoms. The zero-order chi connectivity index (χ0) is 12.6. The SMILES string of the molecule is Cl.N[C@@H]1CC1C1(NC(=O)OCc2ccccc2)CC1. The number of hydrogen-bond donors (Lipinski definition) is 2. The van der Waals surface area contributed by atoms with E-state index in [1.807, 2.05) is 30.3 Å². The maximum atomic E-state index is 11.7. The quantitative estimate of drug-likeness (QED) is 0.890. The number of nitrogens with one attached hydrogen (secondary N) is 1. The lowest BCUT2D eigenvalue weighted by molar-refractivity contribution is 0.132. The van der Waals surface area contributed by atoms with E-state index in [0.717, 1.165) is 24.8 Å². The summed E-state index contributed by atoms with van der Waals surface area (Å²) in [5, 5.41) is 2.99. The Labute approximate surface area is 119 Å². The number of hydrogen-bond acceptors (Lipinski definition) is 3. The highest BCUT2D eigenvalue weighted by atomic mass is 35.5. The molecule has 19 heavy (non-hydrogen) atoms. The Morgan fingerprint density at radius 1 is 1.37 bits per heavy atom.